The van der Waals surface area contributed by atoms with Crippen LogP contribution in [-0.2, 0) is 6.54 Å². The number of Topliss-reactive ketones (excluding diaryl/α,β-unsaturated/α-hetero) is 1. The van der Waals surface area contributed by atoms with E-state index < -0.39 is 0 Å². The molecule has 1 fully saturated rings. The molecule has 148 valence electrons. The number of rotatable bonds is 5. The third-order valence-corrected chi connectivity index (χ3v) is 5.41. The molecule has 0 atom stereocenters. The van der Waals surface area contributed by atoms with Crippen LogP contribution in [0.15, 0.2) is 48.5 Å². The number of benzene rings is 2. The third kappa shape index (κ3) is 4.91. The first-order chi connectivity index (χ1) is 13.5. The van der Waals surface area contributed by atoms with Gasteiger partial charge in [-0.05, 0) is 43.3 Å². The van der Waals surface area contributed by atoms with Crippen LogP contribution in [-0.4, -0.2) is 54.3 Å². The lowest BCUT2D eigenvalue weighted by atomic mass is 10.1. The summed E-state index contributed by atoms with van der Waals surface area (Å²) in [4.78, 5) is 30.8. The van der Waals surface area contributed by atoms with E-state index in [0.29, 0.717) is 17.1 Å². The SMILES string of the molecule is CCN1CCN(C(=O)N(Cc2ccc(C(C)=O)cc2)c2ccc(Cl)cc2)CC1. The Morgan fingerprint density at radius 2 is 1.57 bits per heavy atom. The van der Waals surface area contributed by atoms with E-state index in [-0.39, 0.29) is 11.8 Å². The number of ketones is 1. The first kappa shape index (κ1) is 20.4. The van der Waals surface area contributed by atoms with Crippen LogP contribution in [0.3, 0.4) is 0 Å². The highest BCUT2D eigenvalue weighted by Crippen LogP contribution is 2.22. The largest absolute Gasteiger partial charge is 0.324 e. The van der Waals surface area contributed by atoms with Crippen LogP contribution >= 0.6 is 11.6 Å². The van der Waals surface area contributed by atoms with Gasteiger partial charge in [-0.15, -0.1) is 0 Å². The molecule has 6 heteroatoms. The second-order valence-corrected chi connectivity index (χ2v) is 7.46. The van der Waals surface area contributed by atoms with Crippen molar-refractivity contribution in [1.82, 2.24) is 9.80 Å². The van der Waals surface area contributed by atoms with E-state index in [1.807, 2.05) is 41.3 Å². The molecule has 5 nitrogen and oxygen atoms in total. The zero-order valence-corrected chi connectivity index (χ0v) is 17.2. The van der Waals surface area contributed by atoms with Gasteiger partial charge in [0.25, 0.3) is 0 Å². The number of carbonyl (C=O) groups is 2. The van der Waals surface area contributed by atoms with Crippen molar-refractivity contribution in [1.29, 1.82) is 0 Å². The predicted molar refractivity (Wildman–Crippen MR) is 113 cm³/mol. The molecule has 0 spiro atoms. The summed E-state index contributed by atoms with van der Waals surface area (Å²) in [7, 11) is 0. The minimum absolute atomic E-state index is 0.00581. The Morgan fingerprint density at radius 1 is 0.964 bits per heavy atom. The molecule has 1 heterocycles. The van der Waals surface area contributed by atoms with E-state index in [2.05, 4.69) is 11.8 Å². The average molecular weight is 400 g/mol. The monoisotopic (exact) mass is 399 g/mol. The maximum Gasteiger partial charge on any atom is 0.324 e. The summed E-state index contributed by atoms with van der Waals surface area (Å²) in [6.45, 7) is 8.36. The van der Waals surface area contributed by atoms with Gasteiger partial charge >= 0.3 is 6.03 Å². The molecule has 0 radical (unpaired) electrons. The number of hydrogen-bond donors (Lipinski definition) is 0. The molecular formula is C22H26ClN3O2. The zero-order chi connectivity index (χ0) is 20.1. The van der Waals surface area contributed by atoms with E-state index >= 15 is 0 Å². The Bertz CT molecular complexity index is 813. The quantitative estimate of drug-likeness (QED) is 0.704. The van der Waals surface area contributed by atoms with Crippen LogP contribution in [0.4, 0.5) is 10.5 Å². The van der Waals surface area contributed by atoms with Crippen LogP contribution < -0.4 is 4.90 Å². The van der Waals surface area contributed by atoms with Crippen LogP contribution in [0.2, 0.25) is 5.02 Å². The zero-order valence-electron chi connectivity index (χ0n) is 16.4. The fourth-order valence-electron chi connectivity index (χ4n) is 3.34. The number of nitrogens with zero attached hydrogens (tertiary/aromatic N) is 3. The molecule has 1 aliphatic rings. The van der Waals surface area contributed by atoms with Gasteiger partial charge in [-0.2, -0.15) is 0 Å². The predicted octanol–water partition coefficient (Wildman–Crippen LogP) is 4.31. The van der Waals surface area contributed by atoms with Gasteiger partial charge in [0.15, 0.2) is 5.78 Å². The summed E-state index contributed by atoms with van der Waals surface area (Å²) in [5.41, 5.74) is 2.45. The molecule has 1 aliphatic heterocycles. The standard InChI is InChI=1S/C22H26ClN3O2/c1-3-24-12-14-25(15-13-24)22(28)26(21-10-8-20(23)9-11-21)16-18-4-6-19(7-5-18)17(2)27/h4-11H,3,12-16H2,1-2H3. The minimum Gasteiger partial charge on any atom is -0.322 e. The third-order valence-electron chi connectivity index (χ3n) is 5.16. The number of carbonyl (C=O) groups excluding carboxylic acids is 2. The summed E-state index contributed by atoms with van der Waals surface area (Å²) in [5, 5.41) is 0.638. The maximum atomic E-state index is 13.3. The fourth-order valence-corrected chi connectivity index (χ4v) is 3.47. The van der Waals surface area contributed by atoms with Gasteiger partial charge in [-0.3, -0.25) is 9.69 Å². The Balaban J connectivity index is 1.81. The Morgan fingerprint density at radius 3 is 2.11 bits per heavy atom. The summed E-state index contributed by atoms with van der Waals surface area (Å²) in [6, 6.07) is 14.7. The van der Waals surface area contributed by atoms with Crippen molar-refractivity contribution in [3.05, 3.63) is 64.7 Å². The number of likely N-dealkylation sites (N-methyl/N-ethyl adjacent to an activating group) is 1. The van der Waals surface area contributed by atoms with Gasteiger partial charge < -0.3 is 9.80 Å². The van der Waals surface area contributed by atoms with Gasteiger partial charge in [0, 0.05) is 42.5 Å². The van der Waals surface area contributed by atoms with Crippen molar-refractivity contribution in [3.8, 4) is 0 Å². The van der Waals surface area contributed by atoms with Crippen LogP contribution in [0, 0.1) is 0 Å². The molecule has 2 amide bonds. The first-order valence-corrected chi connectivity index (χ1v) is 10.00. The minimum atomic E-state index is -0.00581. The lowest BCUT2D eigenvalue weighted by Gasteiger charge is -2.37. The Hall–Kier alpha value is -2.37. The molecule has 3 rings (SSSR count). The lowest BCUT2D eigenvalue weighted by molar-refractivity contribution is 0.101. The number of piperazine rings is 1. The summed E-state index contributed by atoms with van der Waals surface area (Å²) in [6.07, 6.45) is 0. The van der Waals surface area contributed by atoms with Crippen molar-refractivity contribution in [2.75, 3.05) is 37.6 Å². The molecule has 0 aliphatic carbocycles. The molecule has 2 aromatic carbocycles. The Kier molecular flexibility index (Phi) is 6.70. The average Bonchev–Trinajstić information content (AvgIpc) is 2.72. The molecular weight excluding hydrogens is 374 g/mol. The fraction of sp³-hybridized carbons (Fsp3) is 0.364. The number of amides is 2. The lowest BCUT2D eigenvalue weighted by Crippen LogP contribution is -2.52. The molecule has 2 aromatic rings. The van der Waals surface area contributed by atoms with Crippen LogP contribution in [0.5, 0.6) is 0 Å². The van der Waals surface area contributed by atoms with Gasteiger partial charge in [-0.1, -0.05) is 42.8 Å². The van der Waals surface area contributed by atoms with Crippen molar-refractivity contribution in [2.24, 2.45) is 0 Å². The second-order valence-electron chi connectivity index (χ2n) is 7.02. The van der Waals surface area contributed by atoms with Crippen LogP contribution in [0.1, 0.15) is 29.8 Å². The molecule has 28 heavy (non-hydrogen) atoms. The van der Waals surface area contributed by atoms with E-state index in [0.717, 1.165) is 44.0 Å². The highest BCUT2D eigenvalue weighted by Gasteiger charge is 2.26. The van der Waals surface area contributed by atoms with E-state index in [4.69, 9.17) is 11.6 Å². The number of hydrogen-bond acceptors (Lipinski definition) is 3. The smallest absolute Gasteiger partial charge is 0.322 e. The van der Waals surface area contributed by atoms with Gasteiger partial charge in [0.05, 0.1) is 6.54 Å². The number of anilines is 1. The van der Waals surface area contributed by atoms with E-state index in [1.165, 1.54) is 0 Å². The van der Waals surface area contributed by atoms with Gasteiger partial charge in [-0.25, -0.2) is 4.79 Å². The molecule has 0 aromatic heterocycles. The topological polar surface area (TPSA) is 43.9 Å². The normalized spacial score (nSPS) is 14.8. The van der Waals surface area contributed by atoms with Crippen LogP contribution in [0.25, 0.3) is 0 Å². The Labute approximate surface area is 171 Å². The van der Waals surface area contributed by atoms with Crippen molar-refractivity contribution < 1.29 is 9.59 Å². The number of halogens is 1. The van der Waals surface area contributed by atoms with E-state index in [1.54, 1.807) is 24.0 Å². The van der Waals surface area contributed by atoms with Gasteiger partial charge in [0.2, 0.25) is 0 Å². The molecule has 0 N–H and O–H groups in total. The first-order valence-electron chi connectivity index (χ1n) is 9.62. The highest BCUT2D eigenvalue weighted by atomic mass is 35.5. The van der Waals surface area contributed by atoms with E-state index in [9.17, 15) is 9.59 Å². The molecule has 0 unspecified atom stereocenters. The molecule has 0 saturated carbocycles. The molecule has 1 saturated heterocycles. The van der Waals surface area contributed by atoms with Crippen molar-refractivity contribution in [3.63, 3.8) is 0 Å². The van der Waals surface area contributed by atoms with Crippen molar-refractivity contribution in [2.45, 2.75) is 20.4 Å². The second kappa shape index (κ2) is 9.22. The van der Waals surface area contributed by atoms with Gasteiger partial charge in [0.1, 0.15) is 0 Å². The highest BCUT2D eigenvalue weighted by molar-refractivity contribution is 6.30. The summed E-state index contributed by atoms with van der Waals surface area (Å²) >= 11 is 6.03. The molecule has 0 bridgehead atoms. The number of urea groups is 1. The maximum absolute atomic E-state index is 13.3. The van der Waals surface area contributed by atoms with Crippen molar-refractivity contribution >= 4 is 29.1 Å². The summed E-state index contributed by atoms with van der Waals surface area (Å²) < 4.78 is 0. The summed E-state index contributed by atoms with van der Waals surface area (Å²) in [5.74, 6) is 0.0333.